The number of nitrogens with zero attached hydrogens (tertiary/aromatic N) is 4. The van der Waals surface area contributed by atoms with Crippen LogP contribution in [0.2, 0.25) is 0 Å². The van der Waals surface area contributed by atoms with Crippen LogP contribution in [0.4, 0.5) is 17.6 Å². The number of hydrogen-bond acceptors (Lipinski definition) is 5. The minimum atomic E-state index is 0.137. The Morgan fingerprint density at radius 1 is 0.811 bits per heavy atom. The van der Waals surface area contributed by atoms with Crippen LogP contribution in [0.15, 0.2) is 60.7 Å². The standard InChI is InChI=1S/C30H36N6S/c37-29(31-22-30(15-6-7-16-30)25-12-2-1-3-13-25)34-28-32-26(35-17-8-9-18-35)20-27(33-28)36-19-14-23-10-4-5-11-24(23)21-36/h1-5,10-13,20H,6-9,14-19,21-22H2,(H2,31,32,33,34,37). The third-order valence-electron chi connectivity index (χ3n) is 8.34. The second kappa shape index (κ2) is 10.7. The lowest BCUT2D eigenvalue weighted by atomic mass is 9.79. The summed E-state index contributed by atoms with van der Waals surface area (Å²) in [6.07, 6.45) is 8.35. The summed E-state index contributed by atoms with van der Waals surface area (Å²) in [5, 5.41) is 7.46. The van der Waals surface area contributed by atoms with Crippen LogP contribution in [-0.4, -0.2) is 41.3 Å². The second-order valence-corrected chi connectivity index (χ2v) is 11.1. The van der Waals surface area contributed by atoms with Crippen LogP contribution in [-0.2, 0) is 18.4 Å². The molecule has 2 N–H and O–H groups in total. The molecule has 1 saturated carbocycles. The van der Waals surface area contributed by atoms with Gasteiger partial charge in [-0.15, -0.1) is 0 Å². The highest BCUT2D eigenvalue weighted by Gasteiger charge is 2.35. The SMILES string of the molecule is S=C(NCC1(c2ccccc2)CCCC1)Nc1nc(N2CCCC2)cc(N2CCc3ccccc3C2)n1. The first kappa shape index (κ1) is 24.2. The largest absolute Gasteiger partial charge is 0.361 e. The molecule has 2 aliphatic heterocycles. The monoisotopic (exact) mass is 512 g/mol. The van der Waals surface area contributed by atoms with E-state index in [1.54, 1.807) is 0 Å². The lowest BCUT2D eigenvalue weighted by molar-refractivity contribution is 0.435. The van der Waals surface area contributed by atoms with Crippen molar-refractivity contribution in [3.63, 3.8) is 0 Å². The van der Waals surface area contributed by atoms with E-state index in [0.29, 0.717) is 11.1 Å². The summed E-state index contributed by atoms with van der Waals surface area (Å²) in [7, 11) is 0. The average molecular weight is 513 g/mol. The number of rotatable bonds is 6. The van der Waals surface area contributed by atoms with E-state index in [1.165, 1.54) is 55.2 Å². The van der Waals surface area contributed by atoms with Gasteiger partial charge < -0.3 is 20.4 Å². The van der Waals surface area contributed by atoms with Gasteiger partial charge in [0.25, 0.3) is 0 Å². The molecule has 1 saturated heterocycles. The van der Waals surface area contributed by atoms with Crippen LogP contribution in [0, 0.1) is 0 Å². The van der Waals surface area contributed by atoms with Gasteiger partial charge in [-0.25, -0.2) is 0 Å². The fourth-order valence-corrected chi connectivity index (χ4v) is 6.41. The van der Waals surface area contributed by atoms with Gasteiger partial charge in [-0.05, 0) is 61.0 Å². The van der Waals surface area contributed by atoms with Crippen LogP contribution in [0.25, 0.3) is 0 Å². The Hall–Kier alpha value is -3.19. The van der Waals surface area contributed by atoms with Gasteiger partial charge in [0, 0.05) is 44.2 Å². The first-order valence-electron chi connectivity index (χ1n) is 13.7. The third-order valence-corrected chi connectivity index (χ3v) is 8.59. The Labute approximate surface area is 225 Å². The van der Waals surface area contributed by atoms with Gasteiger partial charge in [0.2, 0.25) is 5.95 Å². The number of anilines is 3. The molecule has 3 aromatic rings. The van der Waals surface area contributed by atoms with E-state index in [4.69, 9.17) is 22.2 Å². The molecule has 0 spiro atoms. The second-order valence-electron chi connectivity index (χ2n) is 10.7. The smallest absolute Gasteiger partial charge is 0.232 e. The zero-order valence-corrected chi connectivity index (χ0v) is 22.3. The molecule has 37 heavy (non-hydrogen) atoms. The summed E-state index contributed by atoms with van der Waals surface area (Å²) >= 11 is 5.77. The lowest BCUT2D eigenvalue weighted by Gasteiger charge is -2.31. The summed E-state index contributed by atoms with van der Waals surface area (Å²) < 4.78 is 0. The van der Waals surface area contributed by atoms with E-state index in [0.717, 1.165) is 50.8 Å². The molecule has 0 unspecified atom stereocenters. The Bertz CT molecular complexity index is 1230. The fourth-order valence-electron chi connectivity index (χ4n) is 6.25. The van der Waals surface area contributed by atoms with E-state index in [-0.39, 0.29) is 5.41 Å². The van der Waals surface area contributed by atoms with Crippen molar-refractivity contribution in [3.8, 4) is 0 Å². The summed E-state index contributed by atoms with van der Waals surface area (Å²) in [6, 6.07) is 21.8. The summed E-state index contributed by atoms with van der Waals surface area (Å²) in [6.45, 7) is 4.73. The number of thiocarbonyl (C=S) groups is 1. The molecule has 1 aromatic heterocycles. The van der Waals surface area contributed by atoms with Crippen molar-refractivity contribution in [2.75, 3.05) is 41.3 Å². The number of benzene rings is 2. The zero-order valence-electron chi connectivity index (χ0n) is 21.5. The molecule has 6 nitrogen and oxygen atoms in total. The van der Waals surface area contributed by atoms with Gasteiger partial charge in [0.15, 0.2) is 5.11 Å². The normalized spacial score (nSPS) is 18.5. The maximum atomic E-state index is 5.77. The average Bonchev–Trinajstić information content (AvgIpc) is 3.66. The van der Waals surface area contributed by atoms with Gasteiger partial charge in [-0.1, -0.05) is 67.4 Å². The van der Waals surface area contributed by atoms with Gasteiger partial charge in [-0.3, -0.25) is 0 Å². The molecule has 192 valence electrons. The van der Waals surface area contributed by atoms with Crippen molar-refractivity contribution in [1.82, 2.24) is 15.3 Å². The van der Waals surface area contributed by atoms with Crippen LogP contribution in [0.3, 0.4) is 0 Å². The molecule has 7 heteroatoms. The first-order chi connectivity index (χ1) is 18.2. The number of aromatic nitrogens is 2. The lowest BCUT2D eigenvalue weighted by Crippen LogP contribution is -2.41. The first-order valence-corrected chi connectivity index (χ1v) is 14.2. The van der Waals surface area contributed by atoms with E-state index in [2.05, 4.69) is 81.1 Å². The van der Waals surface area contributed by atoms with Crippen LogP contribution < -0.4 is 20.4 Å². The Balaban J connectivity index is 1.20. The Morgan fingerprint density at radius 2 is 1.49 bits per heavy atom. The van der Waals surface area contributed by atoms with E-state index in [9.17, 15) is 0 Å². The van der Waals surface area contributed by atoms with Crippen molar-refractivity contribution >= 4 is 34.9 Å². The minimum Gasteiger partial charge on any atom is -0.361 e. The van der Waals surface area contributed by atoms with Crippen LogP contribution in [0.1, 0.15) is 55.2 Å². The molecule has 0 atom stereocenters. The predicted octanol–water partition coefficient (Wildman–Crippen LogP) is 5.44. The maximum Gasteiger partial charge on any atom is 0.232 e. The Morgan fingerprint density at radius 3 is 2.24 bits per heavy atom. The summed E-state index contributed by atoms with van der Waals surface area (Å²) in [5.41, 5.74) is 4.36. The molecule has 3 aliphatic rings. The van der Waals surface area contributed by atoms with Gasteiger partial charge in [0.05, 0.1) is 0 Å². The highest BCUT2D eigenvalue weighted by Crippen LogP contribution is 2.40. The van der Waals surface area contributed by atoms with Crippen LogP contribution in [0.5, 0.6) is 0 Å². The fraction of sp³-hybridized carbons (Fsp3) is 0.433. The molecule has 1 aliphatic carbocycles. The van der Waals surface area contributed by atoms with Crippen molar-refractivity contribution in [2.24, 2.45) is 0 Å². The zero-order chi connectivity index (χ0) is 25.1. The van der Waals surface area contributed by atoms with Gasteiger partial charge in [-0.2, -0.15) is 9.97 Å². The van der Waals surface area contributed by atoms with E-state index >= 15 is 0 Å². The topological polar surface area (TPSA) is 56.3 Å². The molecule has 6 rings (SSSR count). The van der Waals surface area contributed by atoms with Crippen molar-refractivity contribution in [2.45, 2.75) is 56.9 Å². The molecule has 2 aromatic carbocycles. The van der Waals surface area contributed by atoms with E-state index in [1.807, 2.05) is 0 Å². The van der Waals surface area contributed by atoms with Crippen molar-refractivity contribution in [3.05, 3.63) is 77.4 Å². The van der Waals surface area contributed by atoms with Gasteiger partial charge >= 0.3 is 0 Å². The molecule has 3 heterocycles. The predicted molar refractivity (Wildman–Crippen MR) is 155 cm³/mol. The van der Waals surface area contributed by atoms with Crippen LogP contribution >= 0.6 is 12.2 Å². The molecular formula is C30H36N6S. The third kappa shape index (κ3) is 5.28. The number of nitrogens with one attached hydrogen (secondary N) is 2. The minimum absolute atomic E-state index is 0.137. The molecule has 2 fully saturated rings. The molecule has 0 radical (unpaired) electrons. The summed E-state index contributed by atoms with van der Waals surface area (Å²) in [4.78, 5) is 14.6. The molecular weight excluding hydrogens is 476 g/mol. The highest BCUT2D eigenvalue weighted by atomic mass is 32.1. The highest BCUT2D eigenvalue weighted by molar-refractivity contribution is 7.80. The van der Waals surface area contributed by atoms with Gasteiger partial charge in [0.1, 0.15) is 11.6 Å². The molecule has 0 amide bonds. The van der Waals surface area contributed by atoms with Crippen molar-refractivity contribution in [1.29, 1.82) is 0 Å². The molecule has 0 bridgehead atoms. The Kier molecular flexibility index (Phi) is 6.96. The van der Waals surface area contributed by atoms with E-state index < -0.39 is 0 Å². The van der Waals surface area contributed by atoms with Crippen molar-refractivity contribution < 1.29 is 0 Å². The summed E-state index contributed by atoms with van der Waals surface area (Å²) in [5.74, 6) is 2.53. The number of hydrogen-bond donors (Lipinski definition) is 2. The quantitative estimate of drug-likeness (QED) is 0.427. The maximum absolute atomic E-state index is 5.77. The number of fused-ring (bicyclic) bond motifs is 1.